The van der Waals surface area contributed by atoms with Gasteiger partial charge in [0.2, 0.25) is 11.8 Å². The maximum atomic E-state index is 14.7. The molecule has 8 heteroatoms. The molecule has 5 nitrogen and oxygen atoms in total. The molecule has 2 aromatic rings. The highest BCUT2D eigenvalue weighted by atomic mass is 35.5. The van der Waals surface area contributed by atoms with E-state index in [1.165, 1.54) is 6.07 Å². The number of rotatable bonds is 7. The SMILES string of the molecule is O=C(Cc1ccccn1)NC1CC(C(=O)NC(c2c(F)ccc(Cl)c2F)C2CCCC2)C1. The number of halogens is 3. The largest absolute Gasteiger partial charge is 0.353 e. The summed E-state index contributed by atoms with van der Waals surface area (Å²) in [5, 5.41) is 5.66. The minimum absolute atomic E-state index is 0.0321. The van der Waals surface area contributed by atoms with Crippen LogP contribution in [0.3, 0.4) is 0 Å². The molecule has 2 saturated carbocycles. The van der Waals surface area contributed by atoms with Gasteiger partial charge in [-0.15, -0.1) is 0 Å². The number of pyridine rings is 1. The molecule has 0 bridgehead atoms. The first-order chi connectivity index (χ1) is 15.4. The maximum absolute atomic E-state index is 14.7. The van der Waals surface area contributed by atoms with Gasteiger partial charge in [0.1, 0.15) is 11.6 Å². The van der Waals surface area contributed by atoms with Gasteiger partial charge in [-0.2, -0.15) is 0 Å². The summed E-state index contributed by atoms with van der Waals surface area (Å²) in [6.45, 7) is 0. The lowest BCUT2D eigenvalue weighted by Gasteiger charge is -2.36. The van der Waals surface area contributed by atoms with Crippen LogP contribution in [0.15, 0.2) is 36.5 Å². The Morgan fingerprint density at radius 1 is 1.12 bits per heavy atom. The lowest BCUT2D eigenvalue weighted by molar-refractivity contribution is -0.131. The zero-order chi connectivity index (χ0) is 22.7. The van der Waals surface area contributed by atoms with Crippen molar-refractivity contribution < 1.29 is 18.4 Å². The summed E-state index contributed by atoms with van der Waals surface area (Å²) >= 11 is 5.90. The van der Waals surface area contributed by atoms with Crippen LogP contribution in [0, 0.1) is 23.5 Å². The summed E-state index contributed by atoms with van der Waals surface area (Å²) in [7, 11) is 0. The summed E-state index contributed by atoms with van der Waals surface area (Å²) < 4.78 is 29.3. The van der Waals surface area contributed by atoms with E-state index in [0.29, 0.717) is 18.5 Å². The molecule has 1 heterocycles. The van der Waals surface area contributed by atoms with Crippen molar-refractivity contribution in [1.82, 2.24) is 15.6 Å². The second-order valence-corrected chi connectivity index (χ2v) is 9.13. The molecule has 0 aliphatic heterocycles. The fourth-order valence-corrected chi connectivity index (χ4v) is 4.88. The Morgan fingerprint density at radius 3 is 2.56 bits per heavy atom. The Balaban J connectivity index is 1.36. The molecule has 1 atom stereocenters. The quantitative estimate of drug-likeness (QED) is 0.596. The van der Waals surface area contributed by atoms with Crippen molar-refractivity contribution >= 4 is 23.4 Å². The van der Waals surface area contributed by atoms with Gasteiger partial charge in [-0.05, 0) is 55.9 Å². The lowest BCUT2D eigenvalue weighted by Crippen LogP contribution is -2.50. The van der Waals surface area contributed by atoms with E-state index < -0.39 is 17.7 Å². The molecule has 2 N–H and O–H groups in total. The third-order valence-corrected chi connectivity index (χ3v) is 6.79. The number of carbonyl (C=O) groups excluding carboxylic acids is 2. The molecule has 170 valence electrons. The molecular weight excluding hydrogens is 436 g/mol. The van der Waals surface area contributed by atoms with E-state index >= 15 is 0 Å². The number of nitrogens with zero attached hydrogens (tertiary/aromatic N) is 1. The first kappa shape index (κ1) is 22.6. The van der Waals surface area contributed by atoms with E-state index in [1.807, 2.05) is 6.07 Å². The van der Waals surface area contributed by atoms with Crippen LogP contribution in [-0.2, 0) is 16.0 Å². The van der Waals surface area contributed by atoms with Crippen LogP contribution in [0.1, 0.15) is 55.8 Å². The fraction of sp³-hybridized carbons (Fsp3) is 0.458. The first-order valence-electron chi connectivity index (χ1n) is 11.1. The maximum Gasteiger partial charge on any atom is 0.226 e. The molecular formula is C24H26ClF2N3O2. The molecule has 0 saturated heterocycles. The number of nitrogens with one attached hydrogen (secondary N) is 2. The molecule has 0 spiro atoms. The van der Waals surface area contributed by atoms with E-state index in [1.54, 1.807) is 18.3 Å². The highest BCUT2D eigenvalue weighted by Crippen LogP contribution is 2.40. The Hall–Kier alpha value is -2.54. The van der Waals surface area contributed by atoms with Crippen molar-refractivity contribution in [3.63, 3.8) is 0 Å². The molecule has 1 unspecified atom stereocenters. The van der Waals surface area contributed by atoms with Crippen LogP contribution < -0.4 is 10.6 Å². The average molecular weight is 462 g/mol. The zero-order valence-electron chi connectivity index (χ0n) is 17.6. The number of amides is 2. The zero-order valence-corrected chi connectivity index (χ0v) is 18.4. The van der Waals surface area contributed by atoms with Crippen LogP contribution in [-0.4, -0.2) is 22.8 Å². The molecule has 1 aromatic heterocycles. The van der Waals surface area contributed by atoms with Crippen molar-refractivity contribution in [2.45, 2.75) is 57.0 Å². The topological polar surface area (TPSA) is 71.1 Å². The van der Waals surface area contributed by atoms with Crippen molar-refractivity contribution in [3.8, 4) is 0 Å². The normalized spacial score (nSPS) is 21.6. The van der Waals surface area contributed by atoms with Crippen LogP contribution in [0.5, 0.6) is 0 Å². The number of aromatic nitrogens is 1. The number of benzene rings is 1. The predicted octanol–water partition coefficient (Wildman–Crippen LogP) is 4.50. The highest BCUT2D eigenvalue weighted by molar-refractivity contribution is 6.30. The van der Waals surface area contributed by atoms with Gasteiger partial charge in [-0.3, -0.25) is 14.6 Å². The van der Waals surface area contributed by atoms with Crippen LogP contribution in [0.4, 0.5) is 8.78 Å². The van der Waals surface area contributed by atoms with Crippen LogP contribution >= 0.6 is 11.6 Å². The van der Waals surface area contributed by atoms with Gasteiger partial charge < -0.3 is 10.6 Å². The van der Waals surface area contributed by atoms with Crippen molar-refractivity contribution in [2.24, 2.45) is 11.8 Å². The minimum atomic E-state index is -0.808. The Bertz CT molecular complexity index is 977. The van der Waals surface area contributed by atoms with Crippen molar-refractivity contribution in [1.29, 1.82) is 0 Å². The Morgan fingerprint density at radius 2 is 1.88 bits per heavy atom. The summed E-state index contributed by atoms with van der Waals surface area (Å²) in [6, 6.07) is 6.89. The second kappa shape index (κ2) is 9.94. The first-order valence-corrected chi connectivity index (χ1v) is 11.4. The molecule has 4 rings (SSSR count). The Labute approximate surface area is 190 Å². The second-order valence-electron chi connectivity index (χ2n) is 8.72. The van der Waals surface area contributed by atoms with E-state index in [2.05, 4.69) is 15.6 Å². The van der Waals surface area contributed by atoms with E-state index in [-0.39, 0.29) is 46.7 Å². The summed E-state index contributed by atoms with van der Waals surface area (Å²) in [5.41, 5.74) is 0.529. The van der Waals surface area contributed by atoms with Gasteiger partial charge in [0.15, 0.2) is 0 Å². The van der Waals surface area contributed by atoms with Gasteiger partial charge in [0.25, 0.3) is 0 Å². The molecule has 2 amide bonds. The third-order valence-electron chi connectivity index (χ3n) is 6.50. The minimum Gasteiger partial charge on any atom is -0.353 e. The highest BCUT2D eigenvalue weighted by Gasteiger charge is 2.39. The fourth-order valence-electron chi connectivity index (χ4n) is 4.71. The van der Waals surface area contributed by atoms with E-state index in [9.17, 15) is 18.4 Å². The monoisotopic (exact) mass is 461 g/mol. The molecule has 1 aromatic carbocycles. The standard InChI is InChI=1S/C24H26ClF2N3O2/c25-18-8-9-19(26)21(22(18)27)23(14-5-1-2-6-14)30-24(32)15-11-17(12-15)29-20(31)13-16-7-3-4-10-28-16/h3-4,7-10,14-15,17,23H,1-2,5-6,11-13H2,(H,29,31)(H,30,32). The van der Waals surface area contributed by atoms with Crippen LogP contribution in [0.2, 0.25) is 5.02 Å². The lowest BCUT2D eigenvalue weighted by atomic mass is 9.79. The van der Waals surface area contributed by atoms with Crippen LogP contribution in [0.25, 0.3) is 0 Å². The van der Waals surface area contributed by atoms with Gasteiger partial charge >= 0.3 is 0 Å². The predicted molar refractivity (Wildman–Crippen MR) is 117 cm³/mol. The molecule has 2 fully saturated rings. The summed E-state index contributed by atoms with van der Waals surface area (Å²) in [5.74, 6) is -2.22. The molecule has 2 aliphatic rings. The van der Waals surface area contributed by atoms with E-state index in [4.69, 9.17) is 11.6 Å². The summed E-state index contributed by atoms with van der Waals surface area (Å²) in [6.07, 6.45) is 6.35. The van der Waals surface area contributed by atoms with Gasteiger partial charge in [0.05, 0.1) is 17.5 Å². The number of hydrogen-bond donors (Lipinski definition) is 2. The van der Waals surface area contributed by atoms with Gasteiger partial charge in [-0.1, -0.05) is 30.5 Å². The third kappa shape index (κ3) is 5.09. The number of hydrogen-bond acceptors (Lipinski definition) is 3. The average Bonchev–Trinajstić information content (AvgIpc) is 3.28. The molecule has 32 heavy (non-hydrogen) atoms. The molecule has 2 aliphatic carbocycles. The van der Waals surface area contributed by atoms with Gasteiger partial charge in [0, 0.05) is 29.4 Å². The van der Waals surface area contributed by atoms with Crippen molar-refractivity contribution in [2.75, 3.05) is 0 Å². The number of carbonyl (C=O) groups is 2. The van der Waals surface area contributed by atoms with Crippen molar-refractivity contribution in [3.05, 3.63) is 64.4 Å². The molecule has 0 radical (unpaired) electrons. The van der Waals surface area contributed by atoms with Gasteiger partial charge in [-0.25, -0.2) is 8.78 Å². The Kier molecular flexibility index (Phi) is 7.04. The smallest absolute Gasteiger partial charge is 0.226 e. The van der Waals surface area contributed by atoms with E-state index in [0.717, 1.165) is 31.7 Å². The summed E-state index contributed by atoms with van der Waals surface area (Å²) in [4.78, 5) is 29.2.